The molecule has 0 radical (unpaired) electrons. The molecular weight excluding hydrogens is 328 g/mol. The van der Waals surface area contributed by atoms with Gasteiger partial charge in [-0.3, -0.25) is 9.59 Å². The molecule has 2 atom stereocenters. The molecule has 2 aliphatic heterocycles. The third kappa shape index (κ3) is 2.57. The summed E-state index contributed by atoms with van der Waals surface area (Å²) in [6.45, 7) is 3.67. The van der Waals surface area contributed by atoms with E-state index < -0.39 is 29.7 Å². The van der Waals surface area contributed by atoms with Crippen LogP contribution in [0.3, 0.4) is 0 Å². The van der Waals surface area contributed by atoms with Crippen LogP contribution in [0.25, 0.3) is 0 Å². The minimum atomic E-state index is -1.25. The SMILES string of the molecule is CCOC(=O)C1=NN(N=O)[C@H]2C(=O)N(c3ccc(CC)cc3)C(=O)[C@H]12. The minimum absolute atomic E-state index is 0.0775. The van der Waals surface area contributed by atoms with Crippen molar-refractivity contribution < 1.29 is 19.1 Å². The van der Waals surface area contributed by atoms with Crippen molar-refractivity contribution in [2.45, 2.75) is 26.3 Å². The van der Waals surface area contributed by atoms with Crippen LogP contribution in [-0.2, 0) is 25.5 Å². The maximum absolute atomic E-state index is 12.8. The summed E-state index contributed by atoms with van der Waals surface area (Å²) in [7, 11) is 0. The molecule has 1 aromatic rings. The van der Waals surface area contributed by atoms with Crippen molar-refractivity contribution in [2.75, 3.05) is 11.5 Å². The number of nitroso groups, excluding NO2 is 1. The van der Waals surface area contributed by atoms with Crippen LogP contribution in [0.15, 0.2) is 34.7 Å². The van der Waals surface area contributed by atoms with Gasteiger partial charge in [0.1, 0.15) is 5.92 Å². The van der Waals surface area contributed by atoms with Gasteiger partial charge in [-0.25, -0.2) is 9.69 Å². The van der Waals surface area contributed by atoms with E-state index in [1.54, 1.807) is 31.2 Å². The first-order valence-corrected chi connectivity index (χ1v) is 7.88. The summed E-state index contributed by atoms with van der Waals surface area (Å²) in [6.07, 6.45) is 0.815. The van der Waals surface area contributed by atoms with E-state index in [0.717, 1.165) is 16.9 Å². The second-order valence-corrected chi connectivity index (χ2v) is 5.56. The first-order chi connectivity index (χ1) is 12.0. The molecule has 2 heterocycles. The van der Waals surface area contributed by atoms with Gasteiger partial charge in [-0.15, -0.1) is 15.1 Å². The molecule has 0 N–H and O–H groups in total. The number of fused-ring (bicyclic) bond motifs is 1. The first kappa shape index (κ1) is 16.7. The summed E-state index contributed by atoms with van der Waals surface area (Å²) >= 11 is 0. The number of carbonyl (C=O) groups is 3. The molecule has 9 heteroatoms. The number of hydrogen-bond donors (Lipinski definition) is 0. The number of imide groups is 1. The monoisotopic (exact) mass is 344 g/mol. The van der Waals surface area contributed by atoms with Gasteiger partial charge in [0.25, 0.3) is 5.91 Å². The third-order valence-corrected chi connectivity index (χ3v) is 4.20. The van der Waals surface area contributed by atoms with Crippen LogP contribution >= 0.6 is 0 Å². The normalized spacial score (nSPS) is 22.1. The standard InChI is InChI=1S/C16H16N4O5/c1-3-9-5-7-10(8-6-9)19-14(21)11-12(16(23)25-4-2)17-20(18-24)13(11)15(19)22/h5-8,11,13H,3-4H2,1-2H3/t11-,13-/m1/s1. The second-order valence-electron chi connectivity index (χ2n) is 5.56. The molecule has 2 amide bonds. The third-order valence-electron chi connectivity index (χ3n) is 4.20. The zero-order valence-corrected chi connectivity index (χ0v) is 13.7. The van der Waals surface area contributed by atoms with Gasteiger partial charge in [-0.1, -0.05) is 19.1 Å². The van der Waals surface area contributed by atoms with Crippen LogP contribution in [0.2, 0.25) is 0 Å². The minimum Gasteiger partial charge on any atom is -0.461 e. The van der Waals surface area contributed by atoms with E-state index in [1.807, 2.05) is 6.92 Å². The number of anilines is 1. The lowest BCUT2D eigenvalue weighted by atomic mass is 9.98. The Balaban J connectivity index is 1.97. The van der Waals surface area contributed by atoms with Gasteiger partial charge in [0.15, 0.2) is 11.8 Å². The van der Waals surface area contributed by atoms with Crippen molar-refractivity contribution in [3.63, 3.8) is 0 Å². The molecule has 0 bridgehead atoms. The number of hydrazone groups is 1. The Morgan fingerprint density at radius 1 is 1.20 bits per heavy atom. The smallest absolute Gasteiger partial charge is 0.355 e. The lowest BCUT2D eigenvalue weighted by Gasteiger charge is -2.17. The number of ether oxygens (including phenoxy) is 1. The van der Waals surface area contributed by atoms with Gasteiger partial charge in [0.05, 0.1) is 17.6 Å². The molecule has 130 valence electrons. The number of rotatable bonds is 5. The molecule has 1 saturated heterocycles. The van der Waals surface area contributed by atoms with Gasteiger partial charge >= 0.3 is 5.97 Å². The molecule has 0 saturated carbocycles. The van der Waals surface area contributed by atoms with Gasteiger partial charge in [-0.2, -0.15) is 0 Å². The Hall–Kier alpha value is -3.10. The molecule has 25 heavy (non-hydrogen) atoms. The Bertz CT molecular complexity index is 773. The van der Waals surface area contributed by atoms with Crippen molar-refractivity contribution in [1.82, 2.24) is 5.12 Å². The fourth-order valence-corrected chi connectivity index (χ4v) is 2.97. The zero-order chi connectivity index (χ0) is 18.1. The molecule has 0 unspecified atom stereocenters. The van der Waals surface area contributed by atoms with Gasteiger partial charge in [0.2, 0.25) is 5.91 Å². The van der Waals surface area contributed by atoms with Crippen LogP contribution < -0.4 is 4.90 Å². The number of hydrogen-bond acceptors (Lipinski definition) is 7. The highest BCUT2D eigenvalue weighted by atomic mass is 16.5. The summed E-state index contributed by atoms with van der Waals surface area (Å²) in [5.74, 6) is -3.32. The van der Waals surface area contributed by atoms with Gasteiger partial charge < -0.3 is 4.74 Å². The fourth-order valence-electron chi connectivity index (χ4n) is 2.97. The summed E-state index contributed by atoms with van der Waals surface area (Å²) in [6, 6.07) is 5.65. The van der Waals surface area contributed by atoms with E-state index >= 15 is 0 Å². The number of benzene rings is 1. The maximum Gasteiger partial charge on any atom is 0.355 e. The topological polar surface area (TPSA) is 109 Å². The summed E-state index contributed by atoms with van der Waals surface area (Å²) in [4.78, 5) is 49.4. The van der Waals surface area contributed by atoms with Gasteiger partial charge in [0, 0.05) is 0 Å². The fraction of sp³-hybridized carbons (Fsp3) is 0.375. The van der Waals surface area contributed by atoms with Crippen molar-refractivity contribution in [1.29, 1.82) is 0 Å². The maximum atomic E-state index is 12.8. The number of carbonyl (C=O) groups excluding carboxylic acids is 3. The highest BCUT2D eigenvalue weighted by Gasteiger charge is 2.59. The number of amides is 2. The van der Waals surface area contributed by atoms with Gasteiger partial charge in [-0.05, 0) is 31.0 Å². The molecule has 9 nitrogen and oxygen atoms in total. The average Bonchev–Trinajstić information content (AvgIpc) is 3.12. The summed E-state index contributed by atoms with van der Waals surface area (Å²) in [5, 5.41) is 6.91. The van der Waals surface area contributed by atoms with Crippen LogP contribution in [-0.4, -0.2) is 41.3 Å². The number of aryl methyl sites for hydroxylation is 1. The van der Waals surface area contributed by atoms with Crippen molar-refractivity contribution in [3.05, 3.63) is 34.7 Å². The van der Waals surface area contributed by atoms with E-state index in [2.05, 4.69) is 10.4 Å². The highest BCUT2D eigenvalue weighted by molar-refractivity contribution is 6.46. The van der Waals surface area contributed by atoms with E-state index in [9.17, 15) is 19.3 Å². The Morgan fingerprint density at radius 3 is 2.44 bits per heavy atom. The number of nitrogens with zero attached hydrogens (tertiary/aromatic N) is 4. The highest BCUT2D eigenvalue weighted by Crippen LogP contribution is 2.35. The first-order valence-electron chi connectivity index (χ1n) is 7.88. The molecule has 1 fully saturated rings. The Morgan fingerprint density at radius 2 is 1.88 bits per heavy atom. The van der Waals surface area contributed by atoms with E-state index in [4.69, 9.17) is 4.74 Å². The number of esters is 1. The Kier molecular flexibility index (Phi) is 4.30. The molecule has 0 spiro atoms. The molecule has 0 aromatic heterocycles. The molecule has 2 aliphatic rings. The van der Waals surface area contributed by atoms with Crippen molar-refractivity contribution in [3.8, 4) is 0 Å². The van der Waals surface area contributed by atoms with E-state index in [0.29, 0.717) is 10.8 Å². The molecule has 3 rings (SSSR count). The van der Waals surface area contributed by atoms with Crippen LogP contribution in [0, 0.1) is 10.8 Å². The Labute approximate surface area is 143 Å². The lowest BCUT2D eigenvalue weighted by Crippen LogP contribution is -2.36. The second kappa shape index (κ2) is 6.42. The molecule has 0 aliphatic carbocycles. The predicted molar refractivity (Wildman–Crippen MR) is 87.3 cm³/mol. The summed E-state index contributed by atoms with van der Waals surface area (Å²) in [5.41, 5.74) is 1.14. The van der Waals surface area contributed by atoms with Crippen molar-refractivity contribution >= 4 is 29.2 Å². The zero-order valence-electron chi connectivity index (χ0n) is 13.7. The lowest BCUT2D eigenvalue weighted by molar-refractivity contribution is -0.136. The molecular formula is C16H16N4O5. The van der Waals surface area contributed by atoms with E-state index in [1.165, 1.54) is 0 Å². The van der Waals surface area contributed by atoms with Crippen molar-refractivity contribution in [2.24, 2.45) is 16.3 Å². The van der Waals surface area contributed by atoms with Crippen LogP contribution in [0.4, 0.5) is 5.69 Å². The van der Waals surface area contributed by atoms with Crippen LogP contribution in [0.5, 0.6) is 0 Å². The summed E-state index contributed by atoms with van der Waals surface area (Å²) < 4.78 is 4.86. The molecule has 1 aromatic carbocycles. The quantitative estimate of drug-likeness (QED) is 0.448. The van der Waals surface area contributed by atoms with E-state index in [-0.39, 0.29) is 12.3 Å². The largest absolute Gasteiger partial charge is 0.461 e. The van der Waals surface area contributed by atoms with Crippen LogP contribution in [0.1, 0.15) is 19.4 Å². The predicted octanol–water partition coefficient (Wildman–Crippen LogP) is 1.02. The average molecular weight is 344 g/mol.